The summed E-state index contributed by atoms with van der Waals surface area (Å²) in [5.74, 6) is -0.512. The number of hydrogen-bond acceptors (Lipinski definition) is 2. The second kappa shape index (κ2) is 5.61. The predicted molar refractivity (Wildman–Crippen MR) is 62.8 cm³/mol. The predicted octanol–water partition coefficient (Wildman–Crippen LogP) is 2.61. The van der Waals surface area contributed by atoms with Gasteiger partial charge < -0.3 is 10.1 Å². The zero-order chi connectivity index (χ0) is 13.9. The maximum Gasteiger partial charge on any atom is 0.416 e. The number of benzene rings is 1. The van der Waals surface area contributed by atoms with Gasteiger partial charge in [0.2, 0.25) is 0 Å². The van der Waals surface area contributed by atoms with Gasteiger partial charge in [0.25, 0.3) is 5.91 Å². The third-order valence-electron chi connectivity index (χ3n) is 2.97. The minimum atomic E-state index is -4.44. The van der Waals surface area contributed by atoms with E-state index in [0.717, 1.165) is 25.0 Å². The Balaban J connectivity index is 1.98. The van der Waals surface area contributed by atoms with Crippen molar-refractivity contribution in [3.8, 4) is 0 Å². The van der Waals surface area contributed by atoms with Gasteiger partial charge in [-0.25, -0.2) is 0 Å². The Labute approximate surface area is 108 Å². The minimum absolute atomic E-state index is 0.00724. The molecule has 1 aliphatic rings. The van der Waals surface area contributed by atoms with Gasteiger partial charge in [-0.05, 0) is 31.0 Å². The fourth-order valence-electron chi connectivity index (χ4n) is 1.95. The van der Waals surface area contributed by atoms with E-state index in [0.29, 0.717) is 13.2 Å². The van der Waals surface area contributed by atoms with E-state index in [2.05, 4.69) is 5.32 Å². The maximum absolute atomic E-state index is 12.5. The van der Waals surface area contributed by atoms with Gasteiger partial charge in [0.05, 0.1) is 11.7 Å². The average Bonchev–Trinajstić information content (AvgIpc) is 2.88. The molecule has 1 unspecified atom stereocenters. The number of amides is 1. The SMILES string of the molecule is O=C(NCC1CCCO1)c1cccc(C(F)(F)F)c1. The Hall–Kier alpha value is -1.56. The van der Waals surface area contributed by atoms with Crippen LogP contribution in [-0.2, 0) is 10.9 Å². The summed E-state index contributed by atoms with van der Waals surface area (Å²) >= 11 is 0. The highest BCUT2D eigenvalue weighted by molar-refractivity contribution is 5.94. The molecule has 1 aromatic rings. The Morgan fingerprint density at radius 2 is 2.21 bits per heavy atom. The standard InChI is InChI=1S/C13H14F3NO2/c14-13(15,16)10-4-1-3-9(7-10)12(18)17-8-11-5-2-6-19-11/h1,3-4,7,11H,2,5-6,8H2,(H,17,18). The zero-order valence-electron chi connectivity index (χ0n) is 10.2. The van der Waals surface area contributed by atoms with Gasteiger partial charge in [-0.1, -0.05) is 6.07 Å². The molecule has 3 nitrogen and oxygen atoms in total. The summed E-state index contributed by atoms with van der Waals surface area (Å²) in [5.41, 5.74) is -0.815. The molecule has 1 atom stereocenters. The summed E-state index contributed by atoms with van der Waals surface area (Å²) in [7, 11) is 0. The monoisotopic (exact) mass is 273 g/mol. The summed E-state index contributed by atoms with van der Waals surface area (Å²) in [4.78, 5) is 11.7. The minimum Gasteiger partial charge on any atom is -0.376 e. The Bertz CT molecular complexity index is 453. The Morgan fingerprint density at radius 1 is 1.42 bits per heavy atom. The van der Waals surface area contributed by atoms with Crippen molar-refractivity contribution in [3.05, 3.63) is 35.4 Å². The lowest BCUT2D eigenvalue weighted by Crippen LogP contribution is -2.31. The number of carbonyl (C=O) groups is 1. The van der Waals surface area contributed by atoms with Crippen LogP contribution in [-0.4, -0.2) is 25.2 Å². The van der Waals surface area contributed by atoms with Crippen LogP contribution in [0.15, 0.2) is 24.3 Å². The van der Waals surface area contributed by atoms with Crippen LogP contribution in [0, 0.1) is 0 Å². The van der Waals surface area contributed by atoms with Crippen molar-refractivity contribution in [2.75, 3.05) is 13.2 Å². The number of alkyl halides is 3. The molecule has 1 saturated heterocycles. The van der Waals surface area contributed by atoms with Crippen LogP contribution in [0.2, 0.25) is 0 Å². The first-order valence-electron chi connectivity index (χ1n) is 6.04. The summed E-state index contributed by atoms with van der Waals surface area (Å²) < 4.78 is 42.9. The first-order chi connectivity index (χ1) is 8.97. The van der Waals surface area contributed by atoms with Gasteiger partial charge in [-0.2, -0.15) is 13.2 Å². The molecule has 1 heterocycles. The second-order valence-corrected chi connectivity index (χ2v) is 4.42. The number of halogens is 3. The molecule has 104 valence electrons. The van der Waals surface area contributed by atoms with Crippen LogP contribution in [0.5, 0.6) is 0 Å². The van der Waals surface area contributed by atoms with Crippen molar-refractivity contribution < 1.29 is 22.7 Å². The van der Waals surface area contributed by atoms with Gasteiger partial charge in [-0.3, -0.25) is 4.79 Å². The molecule has 1 amide bonds. The molecule has 0 saturated carbocycles. The lowest BCUT2D eigenvalue weighted by molar-refractivity contribution is -0.137. The summed E-state index contributed by atoms with van der Waals surface area (Å²) in [6.45, 7) is 0.999. The molecule has 19 heavy (non-hydrogen) atoms. The first-order valence-corrected chi connectivity index (χ1v) is 6.04. The second-order valence-electron chi connectivity index (χ2n) is 4.42. The van der Waals surface area contributed by atoms with E-state index >= 15 is 0 Å². The number of nitrogens with one attached hydrogen (secondary N) is 1. The van der Waals surface area contributed by atoms with Crippen molar-refractivity contribution in [1.29, 1.82) is 0 Å². The summed E-state index contributed by atoms with van der Waals surface area (Å²) in [6, 6.07) is 4.38. The highest BCUT2D eigenvalue weighted by Crippen LogP contribution is 2.29. The maximum atomic E-state index is 12.5. The highest BCUT2D eigenvalue weighted by Gasteiger charge is 2.30. The smallest absolute Gasteiger partial charge is 0.376 e. The van der Waals surface area contributed by atoms with Gasteiger partial charge in [-0.15, -0.1) is 0 Å². The number of carbonyl (C=O) groups excluding carboxylic acids is 1. The lowest BCUT2D eigenvalue weighted by atomic mass is 10.1. The average molecular weight is 273 g/mol. The molecule has 1 N–H and O–H groups in total. The van der Waals surface area contributed by atoms with Crippen LogP contribution >= 0.6 is 0 Å². The number of ether oxygens (including phenoxy) is 1. The quantitative estimate of drug-likeness (QED) is 0.919. The van der Waals surface area contributed by atoms with E-state index in [1.54, 1.807) is 0 Å². The molecular formula is C13H14F3NO2. The fraction of sp³-hybridized carbons (Fsp3) is 0.462. The first kappa shape index (κ1) is 13.9. The molecule has 1 aromatic carbocycles. The van der Waals surface area contributed by atoms with E-state index in [9.17, 15) is 18.0 Å². The number of hydrogen-bond donors (Lipinski definition) is 1. The Morgan fingerprint density at radius 3 is 2.84 bits per heavy atom. The van der Waals surface area contributed by atoms with Gasteiger partial charge >= 0.3 is 6.18 Å². The van der Waals surface area contributed by atoms with E-state index < -0.39 is 17.6 Å². The lowest BCUT2D eigenvalue weighted by Gasteiger charge is -2.12. The molecule has 0 bridgehead atoms. The molecule has 6 heteroatoms. The van der Waals surface area contributed by atoms with Crippen LogP contribution in [0.3, 0.4) is 0 Å². The van der Waals surface area contributed by atoms with Gasteiger partial charge in [0.15, 0.2) is 0 Å². The van der Waals surface area contributed by atoms with Crippen LogP contribution in [0.25, 0.3) is 0 Å². The van der Waals surface area contributed by atoms with Crippen LogP contribution in [0.1, 0.15) is 28.8 Å². The zero-order valence-corrected chi connectivity index (χ0v) is 10.2. The fourth-order valence-corrected chi connectivity index (χ4v) is 1.95. The van der Waals surface area contributed by atoms with Crippen molar-refractivity contribution in [2.24, 2.45) is 0 Å². The van der Waals surface area contributed by atoms with Gasteiger partial charge in [0, 0.05) is 18.7 Å². The van der Waals surface area contributed by atoms with Crippen molar-refractivity contribution >= 4 is 5.91 Å². The van der Waals surface area contributed by atoms with E-state index in [-0.39, 0.29) is 11.7 Å². The molecule has 0 radical (unpaired) electrons. The van der Waals surface area contributed by atoms with Gasteiger partial charge in [0.1, 0.15) is 0 Å². The summed E-state index contributed by atoms with van der Waals surface area (Å²) in [5, 5.41) is 2.59. The topological polar surface area (TPSA) is 38.3 Å². The van der Waals surface area contributed by atoms with E-state index in [1.807, 2.05) is 0 Å². The molecule has 0 aromatic heterocycles. The molecule has 1 fully saturated rings. The third-order valence-corrected chi connectivity index (χ3v) is 2.97. The third kappa shape index (κ3) is 3.70. The van der Waals surface area contributed by atoms with E-state index in [1.165, 1.54) is 12.1 Å². The van der Waals surface area contributed by atoms with Crippen molar-refractivity contribution in [3.63, 3.8) is 0 Å². The normalized spacial score (nSPS) is 19.4. The van der Waals surface area contributed by atoms with E-state index in [4.69, 9.17) is 4.74 Å². The van der Waals surface area contributed by atoms with Crippen LogP contribution in [0.4, 0.5) is 13.2 Å². The van der Waals surface area contributed by atoms with Crippen LogP contribution < -0.4 is 5.32 Å². The molecule has 0 spiro atoms. The Kier molecular flexibility index (Phi) is 4.09. The molecule has 2 rings (SSSR count). The highest BCUT2D eigenvalue weighted by atomic mass is 19.4. The molecular weight excluding hydrogens is 259 g/mol. The molecule has 0 aliphatic carbocycles. The largest absolute Gasteiger partial charge is 0.416 e. The van der Waals surface area contributed by atoms with Crippen molar-refractivity contribution in [2.45, 2.75) is 25.1 Å². The number of rotatable bonds is 3. The van der Waals surface area contributed by atoms with Crippen molar-refractivity contribution in [1.82, 2.24) is 5.32 Å². The molecule has 1 aliphatic heterocycles. The summed E-state index contributed by atoms with van der Waals surface area (Å²) in [6.07, 6.45) is -2.66.